The normalized spacial score (nSPS) is 16.7. The smallest absolute Gasteiger partial charge is 0.267 e. The van der Waals surface area contributed by atoms with Gasteiger partial charge in [-0.25, -0.2) is 0 Å². The van der Waals surface area contributed by atoms with Crippen molar-refractivity contribution in [3.8, 4) is 0 Å². The van der Waals surface area contributed by atoms with Crippen LogP contribution in [-0.2, 0) is 0 Å². The lowest BCUT2D eigenvalue weighted by molar-refractivity contribution is 0.0933. The summed E-state index contributed by atoms with van der Waals surface area (Å²) in [5, 5.41) is 4.14. The lowest BCUT2D eigenvalue weighted by atomic mass is 10.1. The molecule has 3 heteroatoms. The maximum Gasteiger partial charge on any atom is 0.267 e. The number of fused-ring (bicyclic) bond motifs is 1. The molecular formula is C15H18N2O. The van der Waals surface area contributed by atoms with Crippen molar-refractivity contribution in [1.29, 1.82) is 0 Å². The van der Waals surface area contributed by atoms with Crippen LogP contribution in [-0.4, -0.2) is 16.9 Å². The van der Waals surface area contributed by atoms with Gasteiger partial charge in [-0.1, -0.05) is 31.0 Å². The summed E-state index contributed by atoms with van der Waals surface area (Å²) in [5.41, 5.74) is 1.66. The number of carbonyl (C=O) groups is 1. The summed E-state index contributed by atoms with van der Waals surface area (Å²) in [6.07, 6.45) is 3.76. The van der Waals surface area contributed by atoms with Crippen LogP contribution in [0.4, 0.5) is 0 Å². The number of para-hydroxylation sites is 1. The lowest BCUT2D eigenvalue weighted by Gasteiger charge is -2.12. The Bertz CT molecular complexity index is 536. The van der Waals surface area contributed by atoms with Crippen LogP contribution >= 0.6 is 0 Å². The molecule has 1 saturated carbocycles. The molecule has 1 fully saturated rings. The van der Waals surface area contributed by atoms with E-state index < -0.39 is 0 Å². The number of benzene rings is 1. The van der Waals surface area contributed by atoms with Gasteiger partial charge in [-0.15, -0.1) is 0 Å². The molecule has 1 aromatic carbocycles. The molecule has 94 valence electrons. The molecule has 3 nitrogen and oxygen atoms in total. The molecule has 3 rings (SSSR count). The zero-order valence-corrected chi connectivity index (χ0v) is 10.6. The van der Waals surface area contributed by atoms with Gasteiger partial charge in [0.25, 0.3) is 5.91 Å². The molecule has 0 radical (unpaired) electrons. The summed E-state index contributed by atoms with van der Waals surface area (Å²) in [5.74, 6) is 0.836. The maximum absolute atomic E-state index is 12.1. The highest BCUT2D eigenvalue weighted by Gasteiger charge is 2.24. The van der Waals surface area contributed by atoms with Gasteiger partial charge in [0.1, 0.15) is 5.69 Å². The van der Waals surface area contributed by atoms with Crippen LogP contribution in [0.2, 0.25) is 0 Å². The van der Waals surface area contributed by atoms with E-state index in [2.05, 4.69) is 17.2 Å². The third-order valence-corrected chi connectivity index (χ3v) is 3.54. The van der Waals surface area contributed by atoms with E-state index in [9.17, 15) is 4.79 Å². The first kappa shape index (κ1) is 11.3. The Morgan fingerprint density at radius 2 is 2.22 bits per heavy atom. The van der Waals surface area contributed by atoms with Crippen LogP contribution in [0.5, 0.6) is 0 Å². The Kier molecular flexibility index (Phi) is 2.82. The van der Waals surface area contributed by atoms with E-state index in [0.29, 0.717) is 5.69 Å². The second-order valence-electron chi connectivity index (χ2n) is 5.32. The Balaban J connectivity index is 1.70. The van der Waals surface area contributed by atoms with Crippen molar-refractivity contribution < 1.29 is 4.79 Å². The first-order valence-electron chi connectivity index (χ1n) is 6.61. The molecule has 1 amide bonds. The van der Waals surface area contributed by atoms with E-state index in [0.717, 1.165) is 23.2 Å². The fraction of sp³-hybridized carbons (Fsp3) is 0.400. The third-order valence-electron chi connectivity index (χ3n) is 3.54. The zero-order valence-electron chi connectivity index (χ0n) is 10.6. The van der Waals surface area contributed by atoms with Gasteiger partial charge < -0.3 is 10.3 Å². The first-order valence-corrected chi connectivity index (χ1v) is 6.61. The summed E-state index contributed by atoms with van der Waals surface area (Å²) < 4.78 is 0. The SMILES string of the molecule is CC(CC1CC1)NC(=O)c1cc2ccccc2[nH]1. The summed E-state index contributed by atoms with van der Waals surface area (Å²) in [6, 6.07) is 10.1. The molecule has 0 spiro atoms. The van der Waals surface area contributed by atoms with Gasteiger partial charge >= 0.3 is 0 Å². The highest BCUT2D eigenvalue weighted by Crippen LogP contribution is 2.33. The van der Waals surface area contributed by atoms with E-state index in [1.165, 1.54) is 12.8 Å². The molecule has 0 aliphatic heterocycles. The van der Waals surface area contributed by atoms with Gasteiger partial charge in [0, 0.05) is 16.9 Å². The van der Waals surface area contributed by atoms with E-state index >= 15 is 0 Å². The number of amides is 1. The highest BCUT2D eigenvalue weighted by molar-refractivity contribution is 5.98. The van der Waals surface area contributed by atoms with Crippen molar-refractivity contribution in [3.63, 3.8) is 0 Å². The molecule has 0 saturated heterocycles. The summed E-state index contributed by atoms with van der Waals surface area (Å²) in [4.78, 5) is 15.2. The molecule has 1 unspecified atom stereocenters. The number of hydrogen-bond acceptors (Lipinski definition) is 1. The standard InChI is InChI=1S/C15H18N2O/c1-10(8-11-6-7-11)16-15(18)14-9-12-4-2-3-5-13(12)17-14/h2-5,9-11,17H,6-8H2,1H3,(H,16,18). The van der Waals surface area contributed by atoms with Crippen molar-refractivity contribution >= 4 is 16.8 Å². The van der Waals surface area contributed by atoms with Crippen LogP contribution in [0.25, 0.3) is 10.9 Å². The highest BCUT2D eigenvalue weighted by atomic mass is 16.1. The van der Waals surface area contributed by atoms with E-state index in [4.69, 9.17) is 0 Å². The average Bonchev–Trinajstić information content (AvgIpc) is 3.05. The van der Waals surface area contributed by atoms with Gasteiger partial charge in [0.05, 0.1) is 0 Å². The van der Waals surface area contributed by atoms with E-state index in [-0.39, 0.29) is 11.9 Å². The Labute approximate surface area is 107 Å². The van der Waals surface area contributed by atoms with Crippen molar-refractivity contribution in [3.05, 3.63) is 36.0 Å². The predicted octanol–water partition coefficient (Wildman–Crippen LogP) is 3.09. The number of rotatable bonds is 4. The molecule has 1 aliphatic carbocycles. The van der Waals surface area contributed by atoms with Crippen molar-refractivity contribution in [1.82, 2.24) is 10.3 Å². The monoisotopic (exact) mass is 242 g/mol. The maximum atomic E-state index is 12.1. The minimum absolute atomic E-state index is 0.000602. The molecule has 1 aliphatic rings. The number of nitrogens with one attached hydrogen (secondary N) is 2. The van der Waals surface area contributed by atoms with Crippen molar-refractivity contribution in [2.45, 2.75) is 32.2 Å². The lowest BCUT2D eigenvalue weighted by Crippen LogP contribution is -2.33. The number of aromatic amines is 1. The molecular weight excluding hydrogens is 224 g/mol. The van der Waals surface area contributed by atoms with Crippen molar-refractivity contribution in [2.24, 2.45) is 5.92 Å². The minimum atomic E-state index is -0.000602. The molecule has 1 heterocycles. The van der Waals surface area contributed by atoms with E-state index in [1.54, 1.807) is 0 Å². The second kappa shape index (κ2) is 4.48. The van der Waals surface area contributed by atoms with Crippen LogP contribution < -0.4 is 5.32 Å². The number of H-pyrrole nitrogens is 1. The predicted molar refractivity (Wildman–Crippen MR) is 72.6 cm³/mol. The topological polar surface area (TPSA) is 44.9 Å². The molecule has 1 aromatic heterocycles. The van der Waals surface area contributed by atoms with E-state index in [1.807, 2.05) is 30.3 Å². The number of carbonyl (C=O) groups excluding carboxylic acids is 1. The van der Waals surface area contributed by atoms with Crippen LogP contribution in [0.15, 0.2) is 30.3 Å². The third kappa shape index (κ3) is 2.40. The first-order chi connectivity index (χ1) is 8.72. The summed E-state index contributed by atoms with van der Waals surface area (Å²) in [6.45, 7) is 2.08. The van der Waals surface area contributed by atoms with Crippen LogP contribution in [0.1, 0.15) is 36.7 Å². The second-order valence-corrected chi connectivity index (χ2v) is 5.32. The average molecular weight is 242 g/mol. The molecule has 1 atom stereocenters. The minimum Gasteiger partial charge on any atom is -0.351 e. The van der Waals surface area contributed by atoms with Gasteiger partial charge in [-0.2, -0.15) is 0 Å². The summed E-state index contributed by atoms with van der Waals surface area (Å²) in [7, 11) is 0. The Morgan fingerprint density at radius 3 is 2.94 bits per heavy atom. The number of aromatic nitrogens is 1. The number of hydrogen-bond donors (Lipinski definition) is 2. The van der Waals surface area contributed by atoms with Gasteiger partial charge in [0.2, 0.25) is 0 Å². The quantitative estimate of drug-likeness (QED) is 0.850. The Hall–Kier alpha value is -1.77. The van der Waals surface area contributed by atoms with Crippen LogP contribution in [0.3, 0.4) is 0 Å². The largest absolute Gasteiger partial charge is 0.351 e. The molecule has 2 N–H and O–H groups in total. The van der Waals surface area contributed by atoms with Gasteiger partial charge in [-0.05, 0) is 31.4 Å². The van der Waals surface area contributed by atoms with Gasteiger partial charge in [-0.3, -0.25) is 4.79 Å². The van der Waals surface area contributed by atoms with Crippen LogP contribution in [0, 0.1) is 5.92 Å². The fourth-order valence-corrected chi connectivity index (χ4v) is 2.41. The molecule has 0 bridgehead atoms. The zero-order chi connectivity index (χ0) is 12.5. The Morgan fingerprint density at radius 1 is 1.44 bits per heavy atom. The fourth-order valence-electron chi connectivity index (χ4n) is 2.41. The molecule has 18 heavy (non-hydrogen) atoms. The summed E-state index contributed by atoms with van der Waals surface area (Å²) >= 11 is 0. The van der Waals surface area contributed by atoms with Crippen molar-refractivity contribution in [2.75, 3.05) is 0 Å². The van der Waals surface area contributed by atoms with Gasteiger partial charge in [0.15, 0.2) is 0 Å². The molecule has 2 aromatic rings.